The summed E-state index contributed by atoms with van der Waals surface area (Å²) < 4.78 is 19.3. The quantitative estimate of drug-likeness (QED) is 0.816. The molecule has 1 heterocycles. The molecule has 1 amide bonds. The van der Waals surface area contributed by atoms with E-state index in [9.17, 15) is 9.36 Å². The number of fused-ring (bicyclic) bond motifs is 1. The summed E-state index contributed by atoms with van der Waals surface area (Å²) in [4.78, 5) is 11.9. The Bertz CT molecular complexity index is 728. The maximum Gasteiger partial charge on any atom is 0.234 e. The smallest absolute Gasteiger partial charge is 0.234 e. The molecule has 7 heteroatoms. The molecule has 0 aliphatic heterocycles. The molecule has 0 saturated heterocycles. The molecular formula is C14H17ClNO3PS. The number of rotatable bonds is 5. The van der Waals surface area contributed by atoms with E-state index in [0.717, 1.165) is 10.1 Å². The minimum absolute atomic E-state index is 0.254. The van der Waals surface area contributed by atoms with Crippen molar-refractivity contribution in [1.82, 2.24) is 0 Å². The number of benzene rings is 1. The van der Waals surface area contributed by atoms with E-state index < -0.39 is 18.9 Å². The average Bonchev–Trinajstić information content (AvgIpc) is 2.69. The van der Waals surface area contributed by atoms with Gasteiger partial charge in [0.1, 0.15) is 5.66 Å². The van der Waals surface area contributed by atoms with Crippen molar-refractivity contribution in [3.63, 3.8) is 0 Å². The number of amides is 1. The van der Waals surface area contributed by atoms with Crippen LogP contribution in [0.5, 0.6) is 0 Å². The van der Waals surface area contributed by atoms with Crippen LogP contribution < -0.4 is 5.73 Å². The first-order valence-corrected chi connectivity index (χ1v) is 9.84. The molecule has 21 heavy (non-hydrogen) atoms. The van der Waals surface area contributed by atoms with Crippen molar-refractivity contribution in [2.45, 2.75) is 25.6 Å². The van der Waals surface area contributed by atoms with Gasteiger partial charge in [0.25, 0.3) is 0 Å². The molecule has 0 aliphatic carbocycles. The van der Waals surface area contributed by atoms with Crippen molar-refractivity contribution in [1.29, 1.82) is 0 Å². The Hall–Kier alpha value is -0.870. The maximum absolute atomic E-state index is 12.8. The maximum atomic E-state index is 12.8. The van der Waals surface area contributed by atoms with Crippen LogP contribution in [-0.4, -0.2) is 18.7 Å². The highest BCUT2D eigenvalue weighted by atomic mass is 35.5. The van der Waals surface area contributed by atoms with Crippen LogP contribution in [0.15, 0.2) is 23.6 Å². The second-order valence-corrected chi connectivity index (χ2v) is 9.09. The third-order valence-corrected chi connectivity index (χ3v) is 6.55. The Kier molecular flexibility index (Phi) is 4.79. The molecule has 2 aromatic rings. The molecule has 1 aromatic heterocycles. The number of carbonyl (C=O) groups is 1. The molecule has 2 rings (SSSR count). The first-order chi connectivity index (χ1) is 9.72. The number of hydrogen-bond donors (Lipinski definition) is 1. The van der Waals surface area contributed by atoms with Gasteiger partial charge in [-0.25, -0.2) is 0 Å². The molecule has 0 aliphatic rings. The monoisotopic (exact) mass is 345 g/mol. The summed E-state index contributed by atoms with van der Waals surface area (Å²) in [5, 5.41) is 3.16. The zero-order chi connectivity index (χ0) is 15.8. The van der Waals surface area contributed by atoms with Gasteiger partial charge in [-0.2, -0.15) is 0 Å². The van der Waals surface area contributed by atoms with Crippen molar-refractivity contribution < 1.29 is 13.9 Å². The summed E-state index contributed by atoms with van der Waals surface area (Å²) in [6.07, 6.45) is -0.254. The number of primary amides is 1. The Morgan fingerprint density at radius 3 is 2.67 bits per heavy atom. The molecule has 2 N–H and O–H groups in total. The molecule has 2 unspecified atom stereocenters. The normalized spacial score (nSPS) is 16.0. The summed E-state index contributed by atoms with van der Waals surface area (Å²) in [5.74, 6) is -0.652. The van der Waals surface area contributed by atoms with Crippen LogP contribution in [0.25, 0.3) is 10.1 Å². The van der Waals surface area contributed by atoms with Crippen molar-refractivity contribution >= 4 is 46.3 Å². The summed E-state index contributed by atoms with van der Waals surface area (Å²) in [7, 11) is -3.23. The van der Waals surface area contributed by atoms with E-state index in [-0.39, 0.29) is 6.10 Å². The fourth-order valence-electron chi connectivity index (χ4n) is 2.35. The Morgan fingerprint density at radius 2 is 2.10 bits per heavy atom. The van der Waals surface area contributed by atoms with Crippen LogP contribution in [0.1, 0.15) is 25.1 Å². The third kappa shape index (κ3) is 3.49. The molecule has 0 bridgehead atoms. The molecule has 2 atom stereocenters. The minimum atomic E-state index is -3.23. The molecule has 0 fully saturated rings. The predicted octanol–water partition coefficient (Wildman–Crippen LogP) is 4.41. The van der Waals surface area contributed by atoms with E-state index in [2.05, 4.69) is 0 Å². The minimum Gasteiger partial charge on any atom is -0.369 e. The molecular weight excluding hydrogens is 329 g/mol. The van der Waals surface area contributed by atoms with Crippen LogP contribution in [-0.2, 0) is 13.9 Å². The van der Waals surface area contributed by atoms with Crippen molar-refractivity contribution in [2.75, 3.05) is 6.66 Å². The second kappa shape index (κ2) is 6.09. The lowest BCUT2D eigenvalue weighted by molar-refractivity contribution is -0.117. The van der Waals surface area contributed by atoms with E-state index in [0.29, 0.717) is 10.6 Å². The predicted molar refractivity (Wildman–Crippen MR) is 88.5 cm³/mol. The molecule has 114 valence electrons. The molecule has 0 radical (unpaired) electrons. The highest BCUT2D eigenvalue weighted by molar-refractivity contribution is 7.59. The number of nitrogens with two attached hydrogens (primary N) is 1. The third-order valence-electron chi connectivity index (χ3n) is 3.02. The largest absolute Gasteiger partial charge is 0.369 e. The lowest BCUT2D eigenvalue weighted by Gasteiger charge is -2.23. The summed E-state index contributed by atoms with van der Waals surface area (Å²) in [5.41, 5.74) is 5.16. The summed E-state index contributed by atoms with van der Waals surface area (Å²) in [6, 6.07) is 5.40. The molecule has 1 aromatic carbocycles. The highest BCUT2D eigenvalue weighted by Gasteiger charge is 2.38. The zero-order valence-electron chi connectivity index (χ0n) is 12.0. The van der Waals surface area contributed by atoms with Gasteiger partial charge < -0.3 is 10.3 Å². The topological polar surface area (TPSA) is 69.4 Å². The standard InChI is InChI=1S/C14H17ClNO3PS/c1-8(2)19-20(3,18)13(14(16)17)11-7-21-12-5-4-9(15)6-10(11)12/h4-8,13H,1-3H3,(H2,16,17). The van der Waals surface area contributed by atoms with Gasteiger partial charge in [0.05, 0.1) is 6.10 Å². The van der Waals surface area contributed by atoms with Crippen LogP contribution in [0.3, 0.4) is 0 Å². The van der Waals surface area contributed by atoms with E-state index in [4.69, 9.17) is 21.9 Å². The van der Waals surface area contributed by atoms with Crippen LogP contribution >= 0.6 is 30.3 Å². The van der Waals surface area contributed by atoms with Gasteiger partial charge in [-0.3, -0.25) is 9.36 Å². The number of carbonyl (C=O) groups excluding carboxylic acids is 1. The SMILES string of the molecule is CC(C)OP(C)(=O)C(C(N)=O)c1csc2ccc(Cl)cc12. The molecule has 0 spiro atoms. The molecule has 4 nitrogen and oxygen atoms in total. The number of halogens is 1. The van der Waals surface area contributed by atoms with E-state index in [1.807, 2.05) is 6.07 Å². The number of hydrogen-bond acceptors (Lipinski definition) is 4. The average molecular weight is 346 g/mol. The van der Waals surface area contributed by atoms with Crippen LogP contribution in [0.4, 0.5) is 0 Å². The zero-order valence-corrected chi connectivity index (χ0v) is 14.5. The van der Waals surface area contributed by atoms with Gasteiger partial charge in [-0.1, -0.05) is 11.6 Å². The van der Waals surface area contributed by atoms with E-state index in [1.165, 1.54) is 18.0 Å². The lowest BCUT2D eigenvalue weighted by atomic mass is 10.1. The van der Waals surface area contributed by atoms with Crippen molar-refractivity contribution in [3.8, 4) is 0 Å². The van der Waals surface area contributed by atoms with Gasteiger partial charge in [0, 0.05) is 16.4 Å². The highest BCUT2D eigenvalue weighted by Crippen LogP contribution is 2.59. The summed E-state index contributed by atoms with van der Waals surface area (Å²) in [6.45, 7) is 5.00. The van der Waals surface area contributed by atoms with Gasteiger partial charge in [0.15, 0.2) is 0 Å². The Balaban J connectivity index is 2.58. The van der Waals surface area contributed by atoms with Crippen molar-refractivity contribution in [3.05, 3.63) is 34.2 Å². The first-order valence-electron chi connectivity index (χ1n) is 6.44. The Morgan fingerprint density at radius 1 is 1.43 bits per heavy atom. The molecule has 0 saturated carbocycles. The van der Waals surface area contributed by atoms with Gasteiger partial charge in [-0.05, 0) is 48.4 Å². The van der Waals surface area contributed by atoms with Crippen LogP contribution in [0.2, 0.25) is 5.02 Å². The Labute approximate surface area is 132 Å². The van der Waals surface area contributed by atoms with Crippen molar-refractivity contribution in [2.24, 2.45) is 5.73 Å². The van der Waals surface area contributed by atoms with Gasteiger partial charge in [-0.15, -0.1) is 11.3 Å². The van der Waals surface area contributed by atoms with Crippen LogP contribution in [0, 0.1) is 0 Å². The van der Waals surface area contributed by atoms with Gasteiger partial charge >= 0.3 is 0 Å². The van der Waals surface area contributed by atoms with E-state index >= 15 is 0 Å². The first kappa shape index (κ1) is 16.5. The lowest BCUT2D eigenvalue weighted by Crippen LogP contribution is -2.23. The van der Waals surface area contributed by atoms with Gasteiger partial charge in [0.2, 0.25) is 13.3 Å². The second-order valence-electron chi connectivity index (χ2n) is 5.20. The number of thiophene rings is 1. The fourth-order valence-corrected chi connectivity index (χ4v) is 5.73. The summed E-state index contributed by atoms with van der Waals surface area (Å²) >= 11 is 7.48. The van der Waals surface area contributed by atoms with E-state index in [1.54, 1.807) is 31.4 Å². The fraction of sp³-hybridized carbons (Fsp3) is 0.357.